The molecule has 0 spiro atoms. The van der Waals surface area contributed by atoms with E-state index in [2.05, 4.69) is 52.3 Å². The summed E-state index contributed by atoms with van der Waals surface area (Å²) < 4.78 is 1.14. The molecule has 66 valence electrons. The second kappa shape index (κ2) is 5.41. The van der Waals surface area contributed by atoms with E-state index in [1.54, 1.807) is 0 Å². The molecular formula is C12H10BrLi. The summed E-state index contributed by atoms with van der Waals surface area (Å²) in [5.41, 5.74) is 2.48. The molecule has 0 aliphatic rings. The third-order valence-corrected chi connectivity index (χ3v) is 2.65. The van der Waals surface area contributed by atoms with Crippen LogP contribution in [-0.2, 0) is 0 Å². The third-order valence-electron chi connectivity index (χ3n) is 1.96. The van der Waals surface area contributed by atoms with Gasteiger partial charge in [0.1, 0.15) is 0 Å². The fourth-order valence-electron chi connectivity index (χ4n) is 1.31. The number of rotatable bonds is 1. The van der Waals surface area contributed by atoms with Crippen LogP contribution in [-0.4, -0.2) is 18.9 Å². The van der Waals surface area contributed by atoms with Crippen molar-refractivity contribution in [1.82, 2.24) is 0 Å². The zero-order valence-electron chi connectivity index (χ0n) is 7.07. The van der Waals surface area contributed by atoms with E-state index in [-0.39, 0.29) is 18.9 Å². The van der Waals surface area contributed by atoms with E-state index < -0.39 is 0 Å². The zero-order chi connectivity index (χ0) is 9.10. The van der Waals surface area contributed by atoms with Crippen molar-refractivity contribution in [3.63, 3.8) is 0 Å². The third kappa shape index (κ3) is 2.51. The predicted molar refractivity (Wildman–Crippen MR) is 66.7 cm³/mol. The van der Waals surface area contributed by atoms with Crippen molar-refractivity contribution in [2.75, 3.05) is 0 Å². The van der Waals surface area contributed by atoms with Crippen molar-refractivity contribution in [2.24, 2.45) is 0 Å². The van der Waals surface area contributed by atoms with Gasteiger partial charge >= 0.3 is 18.9 Å². The normalized spacial score (nSPS) is 9.21. The first-order valence-corrected chi connectivity index (χ1v) is 4.97. The summed E-state index contributed by atoms with van der Waals surface area (Å²) in [6, 6.07) is 18.6. The summed E-state index contributed by atoms with van der Waals surface area (Å²) >= 11 is 3.53. The van der Waals surface area contributed by atoms with Crippen LogP contribution in [0.1, 0.15) is 0 Å². The Morgan fingerprint density at radius 3 is 1.93 bits per heavy atom. The monoisotopic (exact) mass is 240 g/mol. The van der Waals surface area contributed by atoms with Crippen molar-refractivity contribution in [2.45, 2.75) is 0 Å². The number of halogens is 1. The Hall–Kier alpha value is -0.483. The van der Waals surface area contributed by atoms with Gasteiger partial charge in [-0.2, -0.15) is 0 Å². The molecule has 0 saturated carbocycles. The van der Waals surface area contributed by atoms with Crippen molar-refractivity contribution >= 4 is 34.8 Å². The van der Waals surface area contributed by atoms with Gasteiger partial charge in [0.15, 0.2) is 0 Å². The summed E-state index contributed by atoms with van der Waals surface area (Å²) in [6.07, 6.45) is 0. The van der Waals surface area contributed by atoms with Crippen molar-refractivity contribution in [3.8, 4) is 11.1 Å². The fraction of sp³-hybridized carbons (Fsp3) is 0. The molecule has 0 saturated heterocycles. The molecule has 2 aromatic rings. The van der Waals surface area contributed by atoms with E-state index in [1.165, 1.54) is 11.1 Å². The zero-order valence-corrected chi connectivity index (χ0v) is 8.66. The number of hydrogen-bond acceptors (Lipinski definition) is 0. The van der Waals surface area contributed by atoms with E-state index in [4.69, 9.17) is 0 Å². The molecule has 0 N–H and O–H groups in total. The molecule has 0 aliphatic carbocycles. The number of benzene rings is 2. The first-order chi connectivity index (χ1) is 6.38. The quantitative estimate of drug-likeness (QED) is 0.670. The van der Waals surface area contributed by atoms with Gasteiger partial charge in [-0.15, -0.1) is 0 Å². The minimum atomic E-state index is 0. The topological polar surface area (TPSA) is 0 Å². The molecule has 0 fully saturated rings. The van der Waals surface area contributed by atoms with Crippen LogP contribution in [0, 0.1) is 0 Å². The molecule has 0 aromatic heterocycles. The Morgan fingerprint density at radius 1 is 0.714 bits per heavy atom. The summed E-state index contributed by atoms with van der Waals surface area (Å²) in [6.45, 7) is 0. The van der Waals surface area contributed by atoms with Crippen LogP contribution in [0.4, 0.5) is 0 Å². The first kappa shape index (κ1) is 11.6. The van der Waals surface area contributed by atoms with Gasteiger partial charge in [0.25, 0.3) is 0 Å². The Bertz CT molecular complexity index is 398. The van der Waals surface area contributed by atoms with Crippen LogP contribution in [0.3, 0.4) is 0 Å². The van der Waals surface area contributed by atoms with E-state index in [9.17, 15) is 0 Å². The summed E-state index contributed by atoms with van der Waals surface area (Å²) in [5.74, 6) is 0. The van der Waals surface area contributed by atoms with Gasteiger partial charge in [0.05, 0.1) is 0 Å². The van der Waals surface area contributed by atoms with Gasteiger partial charge < -0.3 is 0 Å². The van der Waals surface area contributed by atoms with Gasteiger partial charge in [-0.3, -0.25) is 0 Å². The molecule has 0 amide bonds. The van der Waals surface area contributed by atoms with Gasteiger partial charge in [0.2, 0.25) is 0 Å². The maximum atomic E-state index is 3.53. The molecule has 0 heterocycles. The molecule has 0 radical (unpaired) electrons. The molecule has 0 bridgehead atoms. The van der Waals surface area contributed by atoms with Crippen LogP contribution in [0.5, 0.6) is 0 Å². The van der Waals surface area contributed by atoms with E-state index in [1.807, 2.05) is 18.2 Å². The fourth-order valence-corrected chi connectivity index (χ4v) is 1.83. The van der Waals surface area contributed by atoms with E-state index in [0.29, 0.717) is 0 Å². The predicted octanol–water partition coefficient (Wildman–Crippen LogP) is 3.47. The SMILES string of the molecule is Brc1ccccc1-c1ccccc1.[LiH]. The van der Waals surface area contributed by atoms with E-state index in [0.717, 1.165) is 4.47 Å². The molecular weight excluding hydrogens is 231 g/mol. The first-order valence-electron chi connectivity index (χ1n) is 4.18. The summed E-state index contributed by atoms with van der Waals surface area (Å²) in [5, 5.41) is 0. The molecule has 0 aliphatic heterocycles. The average Bonchev–Trinajstić information content (AvgIpc) is 2.20. The molecule has 2 aromatic carbocycles. The van der Waals surface area contributed by atoms with Crippen LogP contribution in [0.2, 0.25) is 0 Å². The Morgan fingerprint density at radius 2 is 1.29 bits per heavy atom. The Balaban J connectivity index is 0.000000980. The van der Waals surface area contributed by atoms with Crippen LogP contribution >= 0.6 is 15.9 Å². The molecule has 0 atom stereocenters. The standard InChI is InChI=1S/C12H9Br.Li.H/c13-12-9-5-4-8-11(12)10-6-2-1-3-7-10;;/h1-9H;;. The molecule has 0 nitrogen and oxygen atoms in total. The maximum absolute atomic E-state index is 3.53. The Kier molecular flexibility index (Phi) is 4.48. The number of hydrogen-bond donors (Lipinski definition) is 0. The van der Waals surface area contributed by atoms with Crippen molar-refractivity contribution in [3.05, 3.63) is 59.1 Å². The van der Waals surface area contributed by atoms with Gasteiger partial charge in [-0.05, 0) is 17.2 Å². The van der Waals surface area contributed by atoms with Gasteiger partial charge in [-0.1, -0.05) is 64.5 Å². The van der Waals surface area contributed by atoms with Crippen LogP contribution in [0.25, 0.3) is 11.1 Å². The average molecular weight is 241 g/mol. The van der Waals surface area contributed by atoms with Gasteiger partial charge in [0, 0.05) is 4.47 Å². The Labute approximate surface area is 105 Å². The molecule has 0 unspecified atom stereocenters. The van der Waals surface area contributed by atoms with Crippen LogP contribution in [0.15, 0.2) is 59.1 Å². The second-order valence-corrected chi connectivity index (χ2v) is 3.70. The van der Waals surface area contributed by atoms with Crippen LogP contribution < -0.4 is 0 Å². The molecule has 2 heteroatoms. The minimum absolute atomic E-state index is 0. The summed E-state index contributed by atoms with van der Waals surface area (Å²) in [7, 11) is 0. The van der Waals surface area contributed by atoms with Crippen molar-refractivity contribution in [1.29, 1.82) is 0 Å². The molecule has 14 heavy (non-hydrogen) atoms. The molecule has 2 rings (SSSR count). The van der Waals surface area contributed by atoms with Gasteiger partial charge in [-0.25, -0.2) is 0 Å². The van der Waals surface area contributed by atoms with E-state index >= 15 is 0 Å². The summed E-state index contributed by atoms with van der Waals surface area (Å²) in [4.78, 5) is 0. The van der Waals surface area contributed by atoms with Crippen molar-refractivity contribution < 1.29 is 0 Å². The second-order valence-electron chi connectivity index (χ2n) is 2.85.